The number of nitrogens with one attached hydrogen (secondary N) is 2. The normalized spacial score (nSPS) is 22.8. The van der Waals surface area contributed by atoms with Gasteiger partial charge in [0.05, 0.1) is 13.2 Å². The maximum atomic E-state index is 11.9. The lowest BCUT2D eigenvalue weighted by Crippen LogP contribution is -2.54. The molecule has 7 nitrogen and oxygen atoms in total. The molecule has 1 saturated heterocycles. The Hall–Kier alpha value is -1.83. The smallest absolute Gasteiger partial charge is 0.234 e. The maximum absolute atomic E-state index is 11.9. The van der Waals surface area contributed by atoms with Gasteiger partial charge in [-0.2, -0.15) is 0 Å². The first kappa shape index (κ1) is 20.9. The van der Waals surface area contributed by atoms with Gasteiger partial charge in [-0.1, -0.05) is 23.7 Å². The molecule has 1 aliphatic carbocycles. The van der Waals surface area contributed by atoms with Gasteiger partial charge in [-0.25, -0.2) is 0 Å². The quantitative estimate of drug-likeness (QED) is 0.403. The SMILES string of the molecule is CN=C(NC1CC1c1cccc(Cl)c1)N1CCN(CC(=O)NCCOC)CC1. The Labute approximate surface area is 172 Å². The molecule has 2 aliphatic rings. The van der Waals surface area contributed by atoms with Crippen LogP contribution in [0.4, 0.5) is 0 Å². The Morgan fingerprint density at radius 3 is 2.79 bits per heavy atom. The molecule has 2 atom stereocenters. The van der Waals surface area contributed by atoms with Crippen molar-refractivity contribution < 1.29 is 9.53 Å². The van der Waals surface area contributed by atoms with E-state index < -0.39 is 0 Å². The van der Waals surface area contributed by atoms with Crippen LogP contribution < -0.4 is 10.6 Å². The van der Waals surface area contributed by atoms with Crippen LogP contribution in [0.1, 0.15) is 17.9 Å². The Balaban J connectivity index is 1.41. The van der Waals surface area contributed by atoms with Crippen LogP contribution in [-0.4, -0.2) is 87.7 Å². The third kappa shape index (κ3) is 5.83. The number of halogens is 1. The van der Waals surface area contributed by atoms with Crippen LogP contribution in [-0.2, 0) is 9.53 Å². The van der Waals surface area contributed by atoms with Gasteiger partial charge in [-0.15, -0.1) is 0 Å². The van der Waals surface area contributed by atoms with E-state index in [-0.39, 0.29) is 5.91 Å². The van der Waals surface area contributed by atoms with Gasteiger partial charge in [-0.3, -0.25) is 14.7 Å². The molecule has 28 heavy (non-hydrogen) atoms. The largest absolute Gasteiger partial charge is 0.383 e. The summed E-state index contributed by atoms with van der Waals surface area (Å²) < 4.78 is 4.95. The van der Waals surface area contributed by atoms with Crippen LogP contribution in [0.15, 0.2) is 29.3 Å². The molecule has 1 saturated carbocycles. The van der Waals surface area contributed by atoms with E-state index in [1.165, 1.54) is 5.56 Å². The average Bonchev–Trinajstić information content (AvgIpc) is 3.46. The summed E-state index contributed by atoms with van der Waals surface area (Å²) in [5, 5.41) is 7.25. The molecule has 2 unspecified atom stereocenters. The molecule has 2 N–H and O–H groups in total. The van der Waals surface area contributed by atoms with Gasteiger partial charge in [0, 0.05) is 63.9 Å². The number of piperazine rings is 1. The number of nitrogens with zero attached hydrogens (tertiary/aromatic N) is 3. The second-order valence-corrected chi connectivity index (χ2v) is 7.74. The van der Waals surface area contributed by atoms with Gasteiger partial charge in [-0.05, 0) is 24.1 Å². The summed E-state index contributed by atoms with van der Waals surface area (Å²) in [6.45, 7) is 4.95. The minimum Gasteiger partial charge on any atom is -0.383 e. The molecule has 1 aromatic carbocycles. The molecule has 1 aromatic rings. The van der Waals surface area contributed by atoms with E-state index in [1.54, 1.807) is 7.11 Å². The van der Waals surface area contributed by atoms with Gasteiger partial charge < -0.3 is 20.3 Å². The van der Waals surface area contributed by atoms with Crippen molar-refractivity contribution in [2.45, 2.75) is 18.4 Å². The van der Waals surface area contributed by atoms with Crippen molar-refractivity contribution in [1.29, 1.82) is 0 Å². The average molecular weight is 408 g/mol. The number of hydrogen-bond acceptors (Lipinski definition) is 4. The minimum absolute atomic E-state index is 0.0513. The zero-order chi connectivity index (χ0) is 19.9. The Kier molecular flexibility index (Phi) is 7.53. The Morgan fingerprint density at radius 2 is 2.11 bits per heavy atom. The number of aliphatic imine (C=N–C) groups is 1. The highest BCUT2D eigenvalue weighted by molar-refractivity contribution is 6.30. The Bertz CT molecular complexity index is 691. The third-order valence-corrected chi connectivity index (χ3v) is 5.50. The van der Waals surface area contributed by atoms with E-state index in [1.807, 2.05) is 25.2 Å². The van der Waals surface area contributed by atoms with Crippen molar-refractivity contribution in [3.05, 3.63) is 34.9 Å². The van der Waals surface area contributed by atoms with E-state index in [0.29, 0.717) is 31.7 Å². The van der Waals surface area contributed by atoms with Crippen LogP contribution >= 0.6 is 11.6 Å². The molecular formula is C20H30ClN5O2. The topological polar surface area (TPSA) is 69.2 Å². The van der Waals surface area contributed by atoms with E-state index in [0.717, 1.165) is 43.6 Å². The molecule has 0 radical (unpaired) electrons. The summed E-state index contributed by atoms with van der Waals surface area (Å²) in [5.41, 5.74) is 1.28. The highest BCUT2D eigenvalue weighted by Crippen LogP contribution is 2.41. The lowest BCUT2D eigenvalue weighted by atomic mass is 10.1. The van der Waals surface area contributed by atoms with E-state index in [9.17, 15) is 4.79 Å². The zero-order valence-electron chi connectivity index (χ0n) is 16.7. The minimum atomic E-state index is 0.0513. The highest BCUT2D eigenvalue weighted by atomic mass is 35.5. The van der Waals surface area contributed by atoms with Crippen LogP contribution in [0.5, 0.6) is 0 Å². The predicted molar refractivity (Wildman–Crippen MR) is 112 cm³/mol. The summed E-state index contributed by atoms with van der Waals surface area (Å²) >= 11 is 6.11. The molecule has 2 fully saturated rings. The molecular weight excluding hydrogens is 378 g/mol. The van der Waals surface area contributed by atoms with Crippen molar-refractivity contribution in [2.75, 3.05) is 60.0 Å². The van der Waals surface area contributed by atoms with Crippen molar-refractivity contribution in [3.63, 3.8) is 0 Å². The van der Waals surface area contributed by atoms with Crippen LogP contribution in [0.2, 0.25) is 5.02 Å². The molecule has 0 aromatic heterocycles. The number of carbonyl (C=O) groups excluding carboxylic acids is 1. The first-order chi connectivity index (χ1) is 13.6. The number of guanidine groups is 1. The van der Waals surface area contributed by atoms with Crippen LogP contribution in [0, 0.1) is 0 Å². The fourth-order valence-corrected chi connectivity index (χ4v) is 3.79. The third-order valence-electron chi connectivity index (χ3n) is 5.26. The van der Waals surface area contributed by atoms with E-state index in [4.69, 9.17) is 16.3 Å². The number of carbonyl (C=O) groups is 1. The molecule has 1 amide bonds. The van der Waals surface area contributed by atoms with Crippen LogP contribution in [0.3, 0.4) is 0 Å². The van der Waals surface area contributed by atoms with Gasteiger partial charge >= 0.3 is 0 Å². The van der Waals surface area contributed by atoms with Crippen molar-refractivity contribution in [2.24, 2.45) is 4.99 Å². The lowest BCUT2D eigenvalue weighted by molar-refractivity contribution is -0.122. The molecule has 1 heterocycles. The predicted octanol–water partition coefficient (Wildman–Crippen LogP) is 1.15. The summed E-state index contributed by atoms with van der Waals surface area (Å²) in [5.74, 6) is 1.49. The number of methoxy groups -OCH3 is 1. The number of hydrogen-bond donors (Lipinski definition) is 2. The first-order valence-electron chi connectivity index (χ1n) is 9.82. The number of rotatable bonds is 7. The fourth-order valence-electron chi connectivity index (χ4n) is 3.59. The highest BCUT2D eigenvalue weighted by Gasteiger charge is 2.39. The van der Waals surface area contributed by atoms with Gasteiger partial charge in [0.1, 0.15) is 0 Å². The van der Waals surface area contributed by atoms with E-state index in [2.05, 4.69) is 31.5 Å². The van der Waals surface area contributed by atoms with Crippen molar-refractivity contribution >= 4 is 23.5 Å². The summed E-state index contributed by atoms with van der Waals surface area (Å²) in [6, 6.07) is 8.50. The van der Waals surface area contributed by atoms with Crippen LogP contribution in [0.25, 0.3) is 0 Å². The second kappa shape index (κ2) is 10.1. The summed E-state index contributed by atoms with van der Waals surface area (Å²) in [6.07, 6.45) is 1.10. The number of amides is 1. The van der Waals surface area contributed by atoms with Gasteiger partial charge in [0.25, 0.3) is 0 Å². The van der Waals surface area contributed by atoms with Crippen molar-refractivity contribution in [1.82, 2.24) is 20.4 Å². The Morgan fingerprint density at radius 1 is 1.32 bits per heavy atom. The molecule has 8 heteroatoms. The van der Waals surface area contributed by atoms with Gasteiger partial charge in [0.2, 0.25) is 5.91 Å². The molecule has 154 valence electrons. The molecule has 1 aliphatic heterocycles. The zero-order valence-corrected chi connectivity index (χ0v) is 17.4. The van der Waals surface area contributed by atoms with E-state index >= 15 is 0 Å². The monoisotopic (exact) mass is 407 g/mol. The maximum Gasteiger partial charge on any atom is 0.234 e. The lowest BCUT2D eigenvalue weighted by Gasteiger charge is -2.36. The fraction of sp³-hybridized carbons (Fsp3) is 0.600. The summed E-state index contributed by atoms with van der Waals surface area (Å²) in [4.78, 5) is 20.9. The summed E-state index contributed by atoms with van der Waals surface area (Å²) in [7, 11) is 3.46. The van der Waals surface area contributed by atoms with Gasteiger partial charge in [0.15, 0.2) is 5.96 Å². The molecule has 0 bridgehead atoms. The number of ether oxygens (including phenoxy) is 1. The number of benzene rings is 1. The standard InChI is InChI=1S/C20H30ClN5O2/c1-22-20(24-18-13-17(18)15-4-3-5-16(21)12-15)26-9-7-25(8-10-26)14-19(27)23-6-11-28-2/h3-5,12,17-18H,6-11,13-14H2,1-2H3,(H,22,24)(H,23,27). The molecule has 3 rings (SSSR count). The first-order valence-corrected chi connectivity index (χ1v) is 10.2. The molecule has 0 spiro atoms. The second-order valence-electron chi connectivity index (χ2n) is 7.30. The van der Waals surface area contributed by atoms with Crippen molar-refractivity contribution in [3.8, 4) is 0 Å².